The summed E-state index contributed by atoms with van der Waals surface area (Å²) in [7, 11) is 0. The van der Waals surface area contributed by atoms with Crippen LogP contribution in [0.5, 0.6) is 0 Å². The zero-order valence-electron chi connectivity index (χ0n) is 8.62. The van der Waals surface area contributed by atoms with Gasteiger partial charge >= 0.3 is 5.97 Å². The highest BCUT2D eigenvalue weighted by molar-refractivity contribution is 7.80. The quantitative estimate of drug-likeness (QED) is 0.622. The van der Waals surface area contributed by atoms with Crippen LogP contribution in [0.15, 0.2) is 18.2 Å². The first-order valence-electron chi connectivity index (χ1n) is 4.49. The fraction of sp³-hybridized carbons (Fsp3) is 0.200. The van der Waals surface area contributed by atoms with Gasteiger partial charge in [0.15, 0.2) is 5.11 Å². The molecule has 16 heavy (non-hydrogen) atoms. The third-order valence-corrected chi connectivity index (χ3v) is 2.23. The maximum Gasteiger partial charge on any atom is 0.336 e. The monoisotopic (exact) mass is 258 g/mol. The van der Waals surface area contributed by atoms with Gasteiger partial charge < -0.3 is 10.6 Å². The van der Waals surface area contributed by atoms with Gasteiger partial charge in [-0.25, -0.2) is 4.79 Å². The van der Waals surface area contributed by atoms with Gasteiger partial charge in [0.25, 0.3) is 0 Å². The number of aryl methyl sites for hydroxylation is 1. The number of nitrogens with two attached hydrogens (primary N) is 1. The van der Waals surface area contributed by atoms with Crippen molar-refractivity contribution in [2.45, 2.75) is 13.3 Å². The number of benzene rings is 1. The van der Waals surface area contributed by atoms with Crippen LogP contribution in [0.4, 0.5) is 0 Å². The largest absolute Gasteiger partial charge is 0.374 e. The lowest BCUT2D eigenvalue weighted by molar-refractivity contribution is -0.146. The Kier molecular flexibility index (Phi) is 4.52. The Morgan fingerprint density at radius 2 is 2.31 bits per heavy atom. The molecule has 1 aromatic carbocycles. The summed E-state index contributed by atoms with van der Waals surface area (Å²) in [6.07, 6.45) is 0.113. The Balaban J connectivity index is 2.62. The predicted octanol–water partition coefficient (Wildman–Crippen LogP) is 1.48. The Morgan fingerprint density at radius 3 is 2.94 bits per heavy atom. The van der Waals surface area contributed by atoms with Crippen molar-refractivity contribution in [1.82, 2.24) is 5.48 Å². The highest BCUT2D eigenvalue weighted by atomic mass is 35.5. The number of hydrogen-bond donors (Lipinski definition) is 2. The molecule has 1 rings (SSSR count). The van der Waals surface area contributed by atoms with Crippen LogP contribution in [0.2, 0.25) is 5.02 Å². The second-order valence-corrected chi connectivity index (χ2v) is 4.06. The molecule has 0 saturated carbocycles. The van der Waals surface area contributed by atoms with Gasteiger partial charge in [-0.05, 0) is 42.4 Å². The summed E-state index contributed by atoms with van der Waals surface area (Å²) in [6.45, 7) is 1.89. The SMILES string of the molecule is Cc1ccc(Cl)cc1CC(=O)ONC(N)=S. The van der Waals surface area contributed by atoms with Gasteiger partial charge in [-0.1, -0.05) is 17.7 Å². The van der Waals surface area contributed by atoms with Crippen molar-refractivity contribution >= 4 is 34.9 Å². The van der Waals surface area contributed by atoms with Gasteiger partial charge in [0.05, 0.1) is 6.42 Å². The van der Waals surface area contributed by atoms with Crippen LogP contribution in [0.1, 0.15) is 11.1 Å². The zero-order valence-corrected chi connectivity index (χ0v) is 10.2. The molecular formula is C10H11ClN2O2S. The van der Waals surface area contributed by atoms with E-state index >= 15 is 0 Å². The third kappa shape index (κ3) is 4.04. The standard InChI is InChI=1S/C10H11ClN2O2S/c1-6-2-3-8(11)4-7(6)5-9(14)15-13-10(12)16/h2-4H,5H2,1H3,(H3,12,13,16). The summed E-state index contributed by atoms with van der Waals surface area (Å²) < 4.78 is 0. The first-order chi connectivity index (χ1) is 7.49. The third-order valence-electron chi connectivity index (χ3n) is 1.91. The number of carbonyl (C=O) groups is 1. The number of rotatable bonds is 2. The van der Waals surface area contributed by atoms with E-state index in [1.54, 1.807) is 12.1 Å². The van der Waals surface area contributed by atoms with Gasteiger partial charge in [-0.3, -0.25) is 0 Å². The Bertz CT molecular complexity index is 423. The molecule has 0 saturated heterocycles. The van der Waals surface area contributed by atoms with Crippen LogP contribution in [0.3, 0.4) is 0 Å². The normalized spacial score (nSPS) is 9.62. The Hall–Kier alpha value is -1.33. The fourth-order valence-electron chi connectivity index (χ4n) is 1.13. The highest BCUT2D eigenvalue weighted by Gasteiger charge is 2.08. The average Bonchev–Trinajstić information content (AvgIpc) is 2.20. The molecule has 0 heterocycles. The molecule has 4 nitrogen and oxygen atoms in total. The minimum atomic E-state index is -0.474. The smallest absolute Gasteiger partial charge is 0.336 e. The van der Waals surface area contributed by atoms with Gasteiger partial charge in [0.2, 0.25) is 0 Å². The van der Waals surface area contributed by atoms with Crippen molar-refractivity contribution in [2.24, 2.45) is 5.73 Å². The molecule has 1 aromatic rings. The van der Waals surface area contributed by atoms with E-state index in [1.165, 1.54) is 0 Å². The highest BCUT2D eigenvalue weighted by Crippen LogP contribution is 2.16. The number of carbonyl (C=O) groups excluding carboxylic acids is 1. The molecule has 86 valence electrons. The lowest BCUT2D eigenvalue weighted by Gasteiger charge is -2.07. The van der Waals surface area contributed by atoms with E-state index in [2.05, 4.69) is 22.5 Å². The van der Waals surface area contributed by atoms with Crippen molar-refractivity contribution in [3.05, 3.63) is 34.3 Å². The maximum atomic E-state index is 11.3. The summed E-state index contributed by atoms with van der Waals surface area (Å²) >= 11 is 10.3. The summed E-state index contributed by atoms with van der Waals surface area (Å²) in [5.41, 5.74) is 9.01. The van der Waals surface area contributed by atoms with Gasteiger partial charge in [-0.2, -0.15) is 5.48 Å². The van der Waals surface area contributed by atoms with Crippen LogP contribution in [-0.2, 0) is 16.1 Å². The van der Waals surface area contributed by atoms with Crippen molar-refractivity contribution in [1.29, 1.82) is 0 Å². The molecule has 3 N–H and O–H groups in total. The molecule has 6 heteroatoms. The molecule has 0 spiro atoms. The van der Waals surface area contributed by atoms with E-state index in [1.807, 2.05) is 13.0 Å². The molecule has 0 bridgehead atoms. The van der Waals surface area contributed by atoms with E-state index in [0.717, 1.165) is 11.1 Å². The summed E-state index contributed by atoms with van der Waals surface area (Å²) in [4.78, 5) is 15.9. The van der Waals surface area contributed by atoms with Crippen molar-refractivity contribution in [3.8, 4) is 0 Å². The zero-order chi connectivity index (χ0) is 12.1. The van der Waals surface area contributed by atoms with Crippen LogP contribution in [0.25, 0.3) is 0 Å². The van der Waals surface area contributed by atoms with Gasteiger partial charge in [0, 0.05) is 5.02 Å². The summed E-state index contributed by atoms with van der Waals surface area (Å²) in [5.74, 6) is -0.474. The lowest BCUT2D eigenvalue weighted by Crippen LogP contribution is -2.32. The molecule has 0 aliphatic carbocycles. The number of halogens is 1. The molecular weight excluding hydrogens is 248 g/mol. The Labute approximate surface area is 104 Å². The molecule has 0 fully saturated rings. The average molecular weight is 259 g/mol. The molecule has 0 aromatic heterocycles. The number of hydrogen-bond acceptors (Lipinski definition) is 3. The molecule has 0 aliphatic rings. The fourth-order valence-corrected chi connectivity index (χ4v) is 1.37. The van der Waals surface area contributed by atoms with Crippen LogP contribution in [0, 0.1) is 6.92 Å². The number of thiocarbonyl (C=S) groups is 1. The van der Waals surface area contributed by atoms with Gasteiger partial charge in [-0.15, -0.1) is 0 Å². The topological polar surface area (TPSA) is 64.3 Å². The maximum absolute atomic E-state index is 11.3. The molecule has 0 atom stereocenters. The van der Waals surface area contributed by atoms with Crippen LogP contribution in [-0.4, -0.2) is 11.1 Å². The van der Waals surface area contributed by atoms with Gasteiger partial charge in [0.1, 0.15) is 0 Å². The number of hydroxylamine groups is 1. The van der Waals surface area contributed by atoms with Crippen molar-refractivity contribution < 1.29 is 9.63 Å². The minimum Gasteiger partial charge on any atom is -0.374 e. The van der Waals surface area contributed by atoms with E-state index in [0.29, 0.717) is 5.02 Å². The van der Waals surface area contributed by atoms with Crippen molar-refractivity contribution in [3.63, 3.8) is 0 Å². The molecule has 0 amide bonds. The molecule has 0 unspecified atom stereocenters. The van der Waals surface area contributed by atoms with E-state index in [-0.39, 0.29) is 11.5 Å². The van der Waals surface area contributed by atoms with E-state index < -0.39 is 5.97 Å². The second-order valence-electron chi connectivity index (χ2n) is 3.19. The molecule has 0 radical (unpaired) electrons. The van der Waals surface area contributed by atoms with Crippen LogP contribution >= 0.6 is 23.8 Å². The predicted molar refractivity (Wildman–Crippen MR) is 65.9 cm³/mol. The van der Waals surface area contributed by atoms with E-state index in [9.17, 15) is 4.79 Å². The minimum absolute atomic E-state index is 0.0869. The number of nitrogens with one attached hydrogen (secondary N) is 1. The molecule has 0 aliphatic heterocycles. The van der Waals surface area contributed by atoms with E-state index in [4.69, 9.17) is 17.3 Å². The second kappa shape index (κ2) is 5.67. The first-order valence-corrected chi connectivity index (χ1v) is 5.28. The lowest BCUT2D eigenvalue weighted by atomic mass is 10.1. The van der Waals surface area contributed by atoms with Crippen molar-refractivity contribution in [2.75, 3.05) is 0 Å². The first kappa shape index (κ1) is 12.7. The summed E-state index contributed by atoms with van der Waals surface area (Å²) in [6, 6.07) is 5.32. The summed E-state index contributed by atoms with van der Waals surface area (Å²) in [5, 5.41) is 0.492. The Morgan fingerprint density at radius 1 is 1.62 bits per heavy atom. The van der Waals surface area contributed by atoms with Crippen LogP contribution < -0.4 is 11.2 Å².